The fraction of sp³-hybridized carbons (Fsp3) is 0.241. The third-order valence-corrected chi connectivity index (χ3v) is 6.22. The van der Waals surface area contributed by atoms with Crippen LogP contribution in [0.3, 0.4) is 0 Å². The maximum Gasteiger partial charge on any atom is 0.256 e. The van der Waals surface area contributed by atoms with Gasteiger partial charge in [0.2, 0.25) is 5.91 Å². The highest BCUT2D eigenvalue weighted by molar-refractivity contribution is 6.03. The number of ether oxygens (including phenoxy) is 1. The molecule has 1 saturated heterocycles. The zero-order valence-electron chi connectivity index (χ0n) is 21.2. The minimum atomic E-state index is -0.987. The molecule has 9 nitrogen and oxygen atoms in total. The molecule has 0 aliphatic carbocycles. The van der Waals surface area contributed by atoms with Crippen molar-refractivity contribution in [1.29, 1.82) is 0 Å². The second-order valence-electron chi connectivity index (χ2n) is 9.28. The lowest BCUT2D eigenvalue weighted by atomic mass is 9.98. The molecule has 0 radical (unpaired) electrons. The van der Waals surface area contributed by atoms with Gasteiger partial charge in [-0.25, -0.2) is 0 Å². The summed E-state index contributed by atoms with van der Waals surface area (Å²) in [6, 6.07) is 23.1. The van der Waals surface area contributed by atoms with Crippen molar-refractivity contribution < 1.29 is 23.9 Å². The van der Waals surface area contributed by atoms with E-state index in [2.05, 4.69) is 10.6 Å². The van der Waals surface area contributed by atoms with Crippen molar-refractivity contribution in [1.82, 2.24) is 10.2 Å². The summed E-state index contributed by atoms with van der Waals surface area (Å²) >= 11 is 0. The maximum atomic E-state index is 12.8. The Labute approximate surface area is 221 Å². The second kappa shape index (κ2) is 11.8. The van der Waals surface area contributed by atoms with E-state index < -0.39 is 36.1 Å². The summed E-state index contributed by atoms with van der Waals surface area (Å²) in [5, 5.41) is 5.43. The number of amides is 3. The van der Waals surface area contributed by atoms with Crippen molar-refractivity contribution in [2.75, 3.05) is 19.4 Å². The van der Waals surface area contributed by atoms with E-state index >= 15 is 0 Å². The fourth-order valence-electron chi connectivity index (χ4n) is 4.05. The molecule has 0 aromatic heterocycles. The zero-order valence-corrected chi connectivity index (χ0v) is 21.2. The number of epoxide rings is 1. The van der Waals surface area contributed by atoms with Gasteiger partial charge in [0, 0.05) is 31.8 Å². The first-order valence-corrected chi connectivity index (χ1v) is 12.2. The Hall–Kier alpha value is -4.34. The number of Topliss-reactive ketones (excluding diaryl/α,β-unsaturated/α-hetero) is 1. The molecule has 1 heterocycles. The minimum Gasteiger partial charge on any atom is -0.349 e. The van der Waals surface area contributed by atoms with Crippen LogP contribution in [0.25, 0.3) is 0 Å². The lowest BCUT2D eigenvalue weighted by Gasteiger charge is -2.21. The van der Waals surface area contributed by atoms with Crippen molar-refractivity contribution in [2.24, 2.45) is 5.73 Å². The number of carbonyl (C=O) groups excluding carboxylic acids is 4. The molecule has 4 N–H and O–H groups in total. The summed E-state index contributed by atoms with van der Waals surface area (Å²) in [6.45, 7) is 0. The predicted molar refractivity (Wildman–Crippen MR) is 142 cm³/mol. The number of carbonyl (C=O) groups is 4. The number of nitrogens with one attached hydrogen (secondary N) is 2. The van der Waals surface area contributed by atoms with Crippen molar-refractivity contribution in [3.63, 3.8) is 0 Å². The van der Waals surface area contributed by atoms with Gasteiger partial charge >= 0.3 is 0 Å². The van der Waals surface area contributed by atoms with Gasteiger partial charge in [-0.15, -0.1) is 0 Å². The molecule has 4 rings (SSSR count). The highest BCUT2D eigenvalue weighted by Crippen LogP contribution is 2.25. The normalized spacial score (nSPS) is 17.6. The van der Waals surface area contributed by atoms with Gasteiger partial charge in [0.05, 0.1) is 6.04 Å². The number of likely N-dealkylation sites (N-methyl/N-ethyl adjacent to an activating group) is 1. The molecule has 1 aliphatic rings. The first kappa shape index (κ1) is 26.7. The van der Waals surface area contributed by atoms with Gasteiger partial charge in [-0.3, -0.25) is 19.2 Å². The molecule has 3 amide bonds. The van der Waals surface area contributed by atoms with Crippen molar-refractivity contribution in [2.45, 2.75) is 30.7 Å². The molecule has 38 heavy (non-hydrogen) atoms. The standard InChI is InChI=1S/C29H30N4O5/c1-33(2)29(37)22(17-18-9-5-3-6-10-18)32-28(36)26-25(38-26)27(35)31-21-15-13-19(14-16-21)23(30)24(34)20-11-7-4-8-12-20/h3-16,22-23,25-26H,17,30H2,1-2H3,(H,31,35)(H,32,36)/t22-,23?,25?,26?/m0/s1. The predicted octanol–water partition coefficient (Wildman–Crippen LogP) is 2.09. The van der Waals surface area contributed by atoms with E-state index in [0.717, 1.165) is 5.56 Å². The van der Waals surface area contributed by atoms with E-state index in [-0.39, 0.29) is 11.7 Å². The van der Waals surface area contributed by atoms with Crippen molar-refractivity contribution in [3.05, 3.63) is 102 Å². The van der Waals surface area contributed by atoms with E-state index in [4.69, 9.17) is 10.5 Å². The Morgan fingerprint density at radius 2 is 1.42 bits per heavy atom. The maximum absolute atomic E-state index is 12.8. The first-order valence-electron chi connectivity index (χ1n) is 12.2. The van der Waals surface area contributed by atoms with Gasteiger partial charge in [0.1, 0.15) is 6.04 Å². The number of anilines is 1. The molecule has 1 fully saturated rings. The Balaban J connectivity index is 1.32. The zero-order chi connectivity index (χ0) is 27.2. The number of nitrogens with two attached hydrogens (primary N) is 1. The lowest BCUT2D eigenvalue weighted by molar-refractivity contribution is -0.134. The second-order valence-corrected chi connectivity index (χ2v) is 9.28. The molecule has 4 atom stereocenters. The fourth-order valence-corrected chi connectivity index (χ4v) is 4.05. The molecule has 196 valence electrons. The molecular weight excluding hydrogens is 484 g/mol. The number of hydrogen-bond acceptors (Lipinski definition) is 6. The summed E-state index contributed by atoms with van der Waals surface area (Å²) in [5.41, 5.74) is 8.62. The minimum absolute atomic E-state index is 0.207. The van der Waals surface area contributed by atoms with Gasteiger partial charge in [0.15, 0.2) is 18.0 Å². The molecule has 3 aromatic carbocycles. The van der Waals surface area contributed by atoms with Gasteiger partial charge in [0.25, 0.3) is 11.8 Å². The summed E-state index contributed by atoms with van der Waals surface area (Å²) in [6.07, 6.45) is -1.64. The van der Waals surface area contributed by atoms with Crippen LogP contribution in [0.2, 0.25) is 0 Å². The number of rotatable bonds is 10. The highest BCUT2D eigenvalue weighted by atomic mass is 16.6. The number of hydrogen-bond donors (Lipinski definition) is 3. The topological polar surface area (TPSA) is 134 Å². The van der Waals surface area contributed by atoms with Crippen LogP contribution in [0.15, 0.2) is 84.9 Å². The number of ketones is 1. The van der Waals surface area contributed by atoms with E-state index in [1.807, 2.05) is 36.4 Å². The van der Waals surface area contributed by atoms with Crippen LogP contribution in [0.1, 0.15) is 27.5 Å². The Morgan fingerprint density at radius 3 is 2.03 bits per heavy atom. The highest BCUT2D eigenvalue weighted by Gasteiger charge is 2.51. The molecule has 3 aromatic rings. The van der Waals surface area contributed by atoms with E-state index in [9.17, 15) is 19.2 Å². The van der Waals surface area contributed by atoms with Gasteiger partial charge in [-0.05, 0) is 23.3 Å². The Morgan fingerprint density at radius 1 is 0.842 bits per heavy atom. The van der Waals surface area contributed by atoms with Crippen molar-refractivity contribution in [3.8, 4) is 0 Å². The quantitative estimate of drug-likeness (QED) is 0.280. The van der Waals surface area contributed by atoms with Crippen LogP contribution >= 0.6 is 0 Å². The third-order valence-electron chi connectivity index (χ3n) is 6.22. The molecule has 0 bridgehead atoms. The average molecular weight is 515 g/mol. The van der Waals surface area contributed by atoms with Gasteiger partial charge in [-0.2, -0.15) is 0 Å². The van der Waals surface area contributed by atoms with Crippen LogP contribution < -0.4 is 16.4 Å². The molecule has 3 unspecified atom stereocenters. The van der Waals surface area contributed by atoms with Gasteiger partial charge < -0.3 is 26.0 Å². The number of benzene rings is 3. The Bertz CT molecular complexity index is 1300. The largest absolute Gasteiger partial charge is 0.349 e. The van der Waals surface area contributed by atoms with Gasteiger partial charge in [-0.1, -0.05) is 72.8 Å². The van der Waals surface area contributed by atoms with Crippen LogP contribution in [0.5, 0.6) is 0 Å². The number of nitrogens with zero attached hydrogens (tertiary/aromatic N) is 1. The monoisotopic (exact) mass is 514 g/mol. The summed E-state index contributed by atoms with van der Waals surface area (Å²) < 4.78 is 5.33. The SMILES string of the molecule is CN(C)C(=O)[C@H](Cc1ccccc1)NC(=O)C1OC1C(=O)Nc1ccc(C(N)C(=O)c2ccccc2)cc1. The van der Waals surface area contributed by atoms with Crippen molar-refractivity contribution >= 4 is 29.2 Å². The first-order chi connectivity index (χ1) is 18.2. The van der Waals surface area contributed by atoms with Crippen LogP contribution in [0.4, 0.5) is 5.69 Å². The Kier molecular flexibility index (Phi) is 8.30. The molecule has 9 heteroatoms. The summed E-state index contributed by atoms with van der Waals surface area (Å²) in [4.78, 5) is 52.1. The van der Waals surface area contributed by atoms with Crippen LogP contribution in [0, 0.1) is 0 Å². The molecular formula is C29H30N4O5. The summed E-state index contributed by atoms with van der Waals surface area (Å²) in [7, 11) is 3.23. The lowest BCUT2D eigenvalue weighted by Crippen LogP contribution is -2.49. The molecule has 0 saturated carbocycles. The smallest absolute Gasteiger partial charge is 0.256 e. The van der Waals surface area contributed by atoms with Crippen LogP contribution in [-0.2, 0) is 25.5 Å². The average Bonchev–Trinajstić information content (AvgIpc) is 3.74. The van der Waals surface area contributed by atoms with E-state index in [1.165, 1.54) is 4.90 Å². The molecule has 1 aliphatic heterocycles. The summed E-state index contributed by atoms with van der Waals surface area (Å²) in [5.74, 6) is -1.48. The van der Waals surface area contributed by atoms with E-state index in [0.29, 0.717) is 23.2 Å². The third kappa shape index (κ3) is 6.50. The van der Waals surface area contributed by atoms with Crippen LogP contribution in [-0.4, -0.2) is 60.7 Å². The molecule has 0 spiro atoms. The van der Waals surface area contributed by atoms with E-state index in [1.54, 1.807) is 62.6 Å².